The molecule has 4 aromatic rings. The zero-order chi connectivity index (χ0) is 19.5. The van der Waals surface area contributed by atoms with Gasteiger partial charge in [0.15, 0.2) is 5.82 Å². The van der Waals surface area contributed by atoms with Gasteiger partial charge in [-0.15, -0.1) is 0 Å². The minimum atomic E-state index is -0.221. The standard InChI is InChI=1S/C22H17N5O/c23-20(24)15-8-7-14-11-16(22(28)27-17-5-2-1-3-6-17)13-19(18(14)12-15)21-25-9-4-10-26-21/h1-13H,(H3,23,24)(H,27,28). The van der Waals surface area contributed by atoms with Crippen LogP contribution in [-0.2, 0) is 0 Å². The van der Waals surface area contributed by atoms with E-state index in [9.17, 15) is 4.79 Å². The number of amidine groups is 1. The fraction of sp³-hybridized carbons (Fsp3) is 0. The van der Waals surface area contributed by atoms with Crippen LogP contribution in [0.15, 0.2) is 79.1 Å². The Morgan fingerprint density at radius 3 is 2.36 bits per heavy atom. The van der Waals surface area contributed by atoms with E-state index in [0.717, 1.165) is 16.5 Å². The molecule has 0 aliphatic rings. The molecule has 0 fully saturated rings. The second-order valence-electron chi connectivity index (χ2n) is 6.27. The highest BCUT2D eigenvalue weighted by Crippen LogP contribution is 2.29. The molecule has 4 N–H and O–H groups in total. The number of carbonyl (C=O) groups excluding carboxylic acids is 1. The second-order valence-corrected chi connectivity index (χ2v) is 6.27. The quantitative estimate of drug-likeness (QED) is 0.376. The molecule has 136 valence electrons. The number of nitrogens with two attached hydrogens (primary N) is 1. The number of rotatable bonds is 4. The maximum absolute atomic E-state index is 12.8. The third-order valence-corrected chi connectivity index (χ3v) is 4.37. The van der Waals surface area contributed by atoms with Crippen LogP contribution < -0.4 is 11.1 Å². The van der Waals surface area contributed by atoms with Gasteiger partial charge in [-0.05, 0) is 47.2 Å². The summed E-state index contributed by atoms with van der Waals surface area (Å²) < 4.78 is 0. The zero-order valence-corrected chi connectivity index (χ0v) is 14.9. The van der Waals surface area contributed by atoms with Crippen LogP contribution in [0.2, 0.25) is 0 Å². The van der Waals surface area contributed by atoms with Crippen molar-refractivity contribution >= 4 is 28.2 Å². The lowest BCUT2D eigenvalue weighted by Gasteiger charge is -2.11. The maximum atomic E-state index is 12.8. The summed E-state index contributed by atoms with van der Waals surface area (Å²) >= 11 is 0. The average Bonchev–Trinajstić information content (AvgIpc) is 2.73. The van der Waals surface area contributed by atoms with Gasteiger partial charge in [0.2, 0.25) is 0 Å². The first-order chi connectivity index (χ1) is 13.6. The second kappa shape index (κ2) is 7.28. The van der Waals surface area contributed by atoms with Crippen LogP contribution in [0.25, 0.3) is 22.2 Å². The fourth-order valence-electron chi connectivity index (χ4n) is 3.00. The molecule has 3 aromatic carbocycles. The number of amides is 1. The van der Waals surface area contributed by atoms with E-state index >= 15 is 0 Å². The SMILES string of the molecule is N=C(N)c1ccc2cc(C(=O)Nc3ccccc3)cc(-c3ncccn3)c2c1. The van der Waals surface area contributed by atoms with Gasteiger partial charge in [0.25, 0.3) is 5.91 Å². The molecule has 0 aliphatic heterocycles. The highest BCUT2D eigenvalue weighted by molar-refractivity contribution is 6.10. The van der Waals surface area contributed by atoms with Gasteiger partial charge in [0, 0.05) is 34.8 Å². The number of anilines is 1. The summed E-state index contributed by atoms with van der Waals surface area (Å²) in [5.74, 6) is 0.260. The third kappa shape index (κ3) is 3.43. The molecule has 28 heavy (non-hydrogen) atoms. The van der Waals surface area contributed by atoms with E-state index in [0.29, 0.717) is 22.5 Å². The Morgan fingerprint density at radius 1 is 0.893 bits per heavy atom. The molecule has 6 heteroatoms. The smallest absolute Gasteiger partial charge is 0.255 e. The van der Waals surface area contributed by atoms with E-state index in [2.05, 4.69) is 15.3 Å². The Balaban J connectivity index is 1.86. The number of nitrogens with zero attached hydrogens (tertiary/aromatic N) is 2. The lowest BCUT2D eigenvalue weighted by molar-refractivity contribution is 0.102. The number of aromatic nitrogens is 2. The highest BCUT2D eigenvalue weighted by Gasteiger charge is 2.14. The number of nitrogen functional groups attached to an aromatic ring is 1. The lowest BCUT2D eigenvalue weighted by atomic mass is 9.97. The largest absolute Gasteiger partial charge is 0.384 e. The van der Waals surface area contributed by atoms with Gasteiger partial charge in [0.05, 0.1) is 0 Å². The van der Waals surface area contributed by atoms with E-state index in [1.165, 1.54) is 0 Å². The minimum absolute atomic E-state index is 0.0206. The Hall–Kier alpha value is -4.06. The van der Waals surface area contributed by atoms with E-state index in [4.69, 9.17) is 11.1 Å². The lowest BCUT2D eigenvalue weighted by Crippen LogP contribution is -2.13. The monoisotopic (exact) mass is 367 g/mol. The van der Waals surface area contributed by atoms with Crippen LogP contribution >= 0.6 is 0 Å². The Kier molecular flexibility index (Phi) is 4.51. The molecule has 1 heterocycles. The molecule has 1 amide bonds. The topological polar surface area (TPSA) is 105 Å². The molecular formula is C22H17N5O. The van der Waals surface area contributed by atoms with Crippen molar-refractivity contribution in [2.24, 2.45) is 5.73 Å². The van der Waals surface area contributed by atoms with Crippen molar-refractivity contribution in [2.45, 2.75) is 0 Å². The maximum Gasteiger partial charge on any atom is 0.255 e. The predicted molar refractivity (Wildman–Crippen MR) is 110 cm³/mol. The zero-order valence-electron chi connectivity index (χ0n) is 14.9. The van der Waals surface area contributed by atoms with Crippen molar-refractivity contribution in [1.29, 1.82) is 5.41 Å². The summed E-state index contributed by atoms with van der Waals surface area (Å²) in [5.41, 5.74) is 8.17. The van der Waals surface area contributed by atoms with Crippen molar-refractivity contribution in [3.05, 3.63) is 90.3 Å². The summed E-state index contributed by atoms with van der Waals surface area (Å²) in [7, 11) is 0. The van der Waals surface area contributed by atoms with Crippen LogP contribution in [0.3, 0.4) is 0 Å². The predicted octanol–water partition coefficient (Wildman–Crippen LogP) is 3.83. The first-order valence-corrected chi connectivity index (χ1v) is 8.68. The van der Waals surface area contributed by atoms with Crippen molar-refractivity contribution in [3.63, 3.8) is 0 Å². The summed E-state index contributed by atoms with van der Waals surface area (Å²) in [6.45, 7) is 0. The molecule has 0 saturated heterocycles. The Morgan fingerprint density at radius 2 is 1.64 bits per heavy atom. The van der Waals surface area contributed by atoms with Gasteiger partial charge in [0.1, 0.15) is 5.84 Å². The normalized spacial score (nSPS) is 10.6. The van der Waals surface area contributed by atoms with Crippen molar-refractivity contribution < 1.29 is 4.79 Å². The molecule has 0 bridgehead atoms. The van der Waals surface area contributed by atoms with Crippen LogP contribution in [-0.4, -0.2) is 21.7 Å². The summed E-state index contributed by atoms with van der Waals surface area (Å²) in [5, 5.41) is 12.3. The van der Waals surface area contributed by atoms with Crippen molar-refractivity contribution in [1.82, 2.24) is 9.97 Å². The van der Waals surface area contributed by atoms with E-state index in [-0.39, 0.29) is 11.7 Å². The molecule has 0 unspecified atom stereocenters. The molecular weight excluding hydrogens is 350 g/mol. The van der Waals surface area contributed by atoms with Gasteiger partial charge in [-0.3, -0.25) is 10.2 Å². The van der Waals surface area contributed by atoms with Gasteiger partial charge in [-0.2, -0.15) is 0 Å². The number of carbonyl (C=O) groups is 1. The molecule has 0 atom stereocenters. The Labute approximate surface area is 161 Å². The number of hydrogen-bond donors (Lipinski definition) is 3. The van der Waals surface area contributed by atoms with Gasteiger partial charge in [-0.25, -0.2) is 9.97 Å². The van der Waals surface area contributed by atoms with Crippen LogP contribution in [0.4, 0.5) is 5.69 Å². The number of benzene rings is 3. The average molecular weight is 367 g/mol. The molecule has 0 spiro atoms. The summed E-state index contributed by atoms with van der Waals surface area (Å²) in [6.07, 6.45) is 3.30. The van der Waals surface area contributed by atoms with Crippen LogP contribution in [0.1, 0.15) is 15.9 Å². The molecule has 0 saturated carbocycles. The molecule has 1 aromatic heterocycles. The van der Waals surface area contributed by atoms with Crippen molar-refractivity contribution in [3.8, 4) is 11.4 Å². The minimum Gasteiger partial charge on any atom is -0.384 e. The van der Waals surface area contributed by atoms with E-state index in [1.807, 2.05) is 48.5 Å². The fourth-order valence-corrected chi connectivity index (χ4v) is 3.00. The summed E-state index contributed by atoms with van der Waals surface area (Å²) in [6, 6.07) is 20.0. The first kappa shape index (κ1) is 17.4. The van der Waals surface area contributed by atoms with Gasteiger partial charge < -0.3 is 11.1 Å². The van der Waals surface area contributed by atoms with Crippen LogP contribution in [0, 0.1) is 5.41 Å². The number of para-hydroxylation sites is 1. The summed E-state index contributed by atoms with van der Waals surface area (Å²) in [4.78, 5) is 21.5. The van der Waals surface area contributed by atoms with E-state index in [1.54, 1.807) is 30.6 Å². The van der Waals surface area contributed by atoms with Crippen molar-refractivity contribution in [2.75, 3.05) is 5.32 Å². The van der Waals surface area contributed by atoms with Gasteiger partial charge in [-0.1, -0.05) is 30.3 Å². The number of fused-ring (bicyclic) bond motifs is 1. The van der Waals surface area contributed by atoms with Crippen LogP contribution in [0.5, 0.6) is 0 Å². The highest BCUT2D eigenvalue weighted by atomic mass is 16.1. The molecule has 4 rings (SSSR count). The molecule has 6 nitrogen and oxygen atoms in total. The molecule has 0 radical (unpaired) electrons. The van der Waals surface area contributed by atoms with Gasteiger partial charge >= 0.3 is 0 Å². The molecule has 0 aliphatic carbocycles. The number of nitrogens with one attached hydrogen (secondary N) is 2. The number of hydrogen-bond acceptors (Lipinski definition) is 4. The third-order valence-electron chi connectivity index (χ3n) is 4.37. The van der Waals surface area contributed by atoms with E-state index < -0.39 is 0 Å². The Bertz CT molecular complexity index is 1170. The first-order valence-electron chi connectivity index (χ1n) is 8.68.